The molecule has 0 spiro atoms. The Bertz CT molecular complexity index is 273. The zero-order valence-corrected chi connectivity index (χ0v) is 8.66. The van der Waals surface area contributed by atoms with Crippen molar-refractivity contribution in [3.63, 3.8) is 0 Å². The molecule has 1 aromatic rings. The molecule has 0 saturated carbocycles. The molecular weight excluding hydrogens is 166 g/mol. The van der Waals surface area contributed by atoms with Crippen LogP contribution in [0.5, 0.6) is 0 Å². The first kappa shape index (κ1) is 9.49. The summed E-state index contributed by atoms with van der Waals surface area (Å²) in [5.74, 6) is 0. The largest absolute Gasteiger partial charge is 0.316 e. The van der Waals surface area contributed by atoms with Gasteiger partial charge in [-0.25, -0.2) is 0 Å². The molecule has 12 heavy (non-hydrogen) atoms. The van der Waals surface area contributed by atoms with Gasteiger partial charge in [-0.15, -0.1) is 11.3 Å². The molecule has 0 saturated heterocycles. The van der Waals surface area contributed by atoms with Crippen molar-refractivity contribution in [3.8, 4) is 0 Å². The molecule has 0 unspecified atom stereocenters. The lowest BCUT2D eigenvalue weighted by atomic mass is 10.2. The summed E-state index contributed by atoms with van der Waals surface area (Å²) in [5, 5.41) is 5.27. The van der Waals surface area contributed by atoms with E-state index in [2.05, 4.69) is 36.7 Å². The maximum atomic E-state index is 3.14. The lowest BCUT2D eigenvalue weighted by molar-refractivity contribution is 0.885. The van der Waals surface area contributed by atoms with E-state index in [1.54, 1.807) is 11.3 Å². The molecule has 0 radical (unpaired) electrons. The lowest BCUT2D eigenvalue weighted by Gasteiger charge is -1.98. The molecule has 0 aromatic carbocycles. The normalized spacial score (nSPS) is 12.1. The van der Waals surface area contributed by atoms with Crippen LogP contribution < -0.4 is 5.32 Å². The van der Waals surface area contributed by atoms with Gasteiger partial charge in [-0.1, -0.05) is 5.57 Å². The van der Waals surface area contributed by atoms with Crippen LogP contribution in [0.1, 0.15) is 17.4 Å². The minimum atomic E-state index is 0.970. The first-order chi connectivity index (χ1) is 5.74. The van der Waals surface area contributed by atoms with Gasteiger partial charge in [0.15, 0.2) is 0 Å². The third-order valence-electron chi connectivity index (χ3n) is 1.73. The summed E-state index contributed by atoms with van der Waals surface area (Å²) in [7, 11) is 1.97. The molecule has 0 aliphatic carbocycles. The van der Waals surface area contributed by atoms with Gasteiger partial charge in [0, 0.05) is 11.4 Å². The Labute approximate surface area is 78.1 Å². The van der Waals surface area contributed by atoms with Gasteiger partial charge >= 0.3 is 0 Å². The second kappa shape index (κ2) is 4.43. The van der Waals surface area contributed by atoms with E-state index in [0.29, 0.717) is 0 Å². The van der Waals surface area contributed by atoms with E-state index in [1.165, 1.54) is 16.0 Å². The minimum absolute atomic E-state index is 0.970. The van der Waals surface area contributed by atoms with E-state index in [4.69, 9.17) is 0 Å². The highest BCUT2D eigenvalue weighted by molar-refractivity contribution is 7.11. The Morgan fingerprint density at radius 1 is 1.67 bits per heavy atom. The summed E-state index contributed by atoms with van der Waals surface area (Å²) in [4.78, 5) is 1.38. The number of nitrogens with one attached hydrogen (secondary N) is 1. The molecule has 0 fully saturated rings. The van der Waals surface area contributed by atoms with Crippen molar-refractivity contribution >= 4 is 17.4 Å². The van der Waals surface area contributed by atoms with Crippen LogP contribution in [-0.2, 0) is 0 Å². The first-order valence-corrected chi connectivity index (χ1v) is 4.98. The molecule has 1 heterocycles. The summed E-state index contributed by atoms with van der Waals surface area (Å²) in [6.45, 7) is 5.27. The number of hydrogen-bond acceptors (Lipinski definition) is 2. The van der Waals surface area contributed by atoms with Crippen LogP contribution in [0.2, 0.25) is 0 Å². The smallest absolute Gasteiger partial charge is 0.0299 e. The summed E-state index contributed by atoms with van der Waals surface area (Å²) < 4.78 is 0. The average molecular weight is 181 g/mol. The van der Waals surface area contributed by atoms with Crippen LogP contribution in [0, 0.1) is 6.92 Å². The van der Waals surface area contributed by atoms with Crippen molar-refractivity contribution in [1.29, 1.82) is 0 Å². The van der Waals surface area contributed by atoms with E-state index in [1.807, 2.05) is 7.05 Å². The molecule has 1 nitrogen and oxygen atoms in total. The average Bonchev–Trinajstić information content (AvgIpc) is 2.37. The van der Waals surface area contributed by atoms with E-state index < -0.39 is 0 Å². The highest BCUT2D eigenvalue weighted by atomic mass is 32.1. The van der Waals surface area contributed by atoms with Crippen molar-refractivity contribution in [1.82, 2.24) is 5.32 Å². The van der Waals surface area contributed by atoms with Gasteiger partial charge in [-0.2, -0.15) is 0 Å². The van der Waals surface area contributed by atoms with Gasteiger partial charge in [0.1, 0.15) is 0 Å². The third kappa shape index (κ3) is 2.47. The van der Waals surface area contributed by atoms with E-state index in [-0.39, 0.29) is 0 Å². The maximum Gasteiger partial charge on any atom is 0.0299 e. The number of hydrogen-bond donors (Lipinski definition) is 1. The summed E-state index contributed by atoms with van der Waals surface area (Å²) in [6, 6.07) is 2.16. The molecule has 0 bridgehead atoms. The zero-order chi connectivity index (χ0) is 8.97. The second-order valence-corrected chi connectivity index (χ2v) is 3.94. The summed E-state index contributed by atoms with van der Waals surface area (Å²) in [5.41, 5.74) is 2.75. The van der Waals surface area contributed by atoms with Gasteiger partial charge in [-0.05, 0) is 44.0 Å². The van der Waals surface area contributed by atoms with E-state index in [9.17, 15) is 0 Å². The highest BCUT2D eigenvalue weighted by Crippen LogP contribution is 2.18. The number of aryl methyl sites for hydroxylation is 1. The first-order valence-electron chi connectivity index (χ1n) is 4.10. The monoisotopic (exact) mass is 181 g/mol. The Kier molecular flexibility index (Phi) is 3.50. The van der Waals surface area contributed by atoms with Crippen molar-refractivity contribution in [2.75, 3.05) is 13.6 Å². The van der Waals surface area contributed by atoms with Crippen LogP contribution in [0.4, 0.5) is 0 Å². The van der Waals surface area contributed by atoms with E-state index >= 15 is 0 Å². The number of likely N-dealkylation sites (N-methyl/N-ethyl adjacent to an activating group) is 1. The molecule has 0 aliphatic heterocycles. The highest BCUT2D eigenvalue weighted by Gasteiger charge is 1.95. The summed E-state index contributed by atoms with van der Waals surface area (Å²) in [6.07, 6.45) is 2.25. The fourth-order valence-electron chi connectivity index (χ4n) is 1.09. The topological polar surface area (TPSA) is 12.0 Å². The predicted molar refractivity (Wildman–Crippen MR) is 56.6 cm³/mol. The van der Waals surface area contributed by atoms with Crippen LogP contribution in [0.15, 0.2) is 17.0 Å². The van der Waals surface area contributed by atoms with Crippen LogP contribution >= 0.6 is 11.3 Å². The van der Waals surface area contributed by atoms with Crippen molar-refractivity contribution < 1.29 is 0 Å². The molecule has 1 N–H and O–H groups in total. The van der Waals surface area contributed by atoms with Crippen LogP contribution in [0.25, 0.3) is 6.08 Å². The molecule has 0 aliphatic rings. The van der Waals surface area contributed by atoms with Crippen molar-refractivity contribution in [2.24, 2.45) is 0 Å². The fourth-order valence-corrected chi connectivity index (χ4v) is 2.03. The lowest BCUT2D eigenvalue weighted by Crippen LogP contribution is -2.08. The number of rotatable bonds is 3. The van der Waals surface area contributed by atoms with Crippen LogP contribution in [-0.4, -0.2) is 13.6 Å². The Balaban J connectivity index is 2.73. The predicted octanol–water partition coefficient (Wildman–Crippen LogP) is 2.68. The van der Waals surface area contributed by atoms with Crippen molar-refractivity contribution in [2.45, 2.75) is 13.8 Å². The number of thiophene rings is 1. The maximum absolute atomic E-state index is 3.14. The zero-order valence-electron chi connectivity index (χ0n) is 7.85. The van der Waals surface area contributed by atoms with Gasteiger partial charge in [0.25, 0.3) is 0 Å². The molecule has 66 valence electrons. The van der Waals surface area contributed by atoms with Gasteiger partial charge in [0.05, 0.1) is 0 Å². The van der Waals surface area contributed by atoms with Crippen molar-refractivity contribution in [3.05, 3.63) is 27.5 Å². The SMILES string of the molecule is CNC/C(C)=C/c1sccc1C. The molecule has 0 amide bonds. The Morgan fingerprint density at radius 2 is 2.42 bits per heavy atom. The molecule has 1 aromatic heterocycles. The fraction of sp³-hybridized carbons (Fsp3) is 0.400. The summed E-state index contributed by atoms with van der Waals surface area (Å²) >= 11 is 1.80. The Hall–Kier alpha value is -0.600. The van der Waals surface area contributed by atoms with Gasteiger partial charge < -0.3 is 5.32 Å². The molecule has 0 atom stereocenters. The molecule has 1 rings (SSSR count). The Morgan fingerprint density at radius 3 is 2.92 bits per heavy atom. The molecular formula is C10H15NS. The van der Waals surface area contributed by atoms with Crippen LogP contribution in [0.3, 0.4) is 0 Å². The quantitative estimate of drug-likeness (QED) is 0.756. The van der Waals surface area contributed by atoms with E-state index in [0.717, 1.165) is 6.54 Å². The standard InChI is InChI=1S/C10H15NS/c1-8(7-11-3)6-10-9(2)4-5-12-10/h4-6,11H,7H2,1-3H3/b8-6+. The minimum Gasteiger partial charge on any atom is -0.316 e. The molecule has 2 heteroatoms. The van der Waals surface area contributed by atoms with Gasteiger partial charge in [-0.3, -0.25) is 0 Å². The second-order valence-electron chi connectivity index (χ2n) is 2.99. The van der Waals surface area contributed by atoms with Gasteiger partial charge in [0.2, 0.25) is 0 Å². The third-order valence-corrected chi connectivity index (χ3v) is 2.70.